The van der Waals surface area contributed by atoms with Crippen LogP contribution in [0.25, 0.3) is 5.69 Å². The number of halogens is 1. The zero-order chi connectivity index (χ0) is 17.3. The molecular formula is C16H16BrN3O4. The van der Waals surface area contributed by atoms with Gasteiger partial charge in [0, 0.05) is 22.9 Å². The molecule has 24 heavy (non-hydrogen) atoms. The van der Waals surface area contributed by atoms with E-state index in [2.05, 4.69) is 20.9 Å². The number of aliphatic carboxylic acids is 1. The Morgan fingerprint density at radius 3 is 2.67 bits per heavy atom. The lowest BCUT2D eigenvalue weighted by atomic mass is 10.2. The predicted octanol–water partition coefficient (Wildman–Crippen LogP) is 1.95. The SMILES string of the molecule is C[C@@H]1CN(C(=O)c2cn(-c3ccc(Br)cc3)cn2)CC(C(=O)O)O1. The Hall–Kier alpha value is -2.19. The highest BCUT2D eigenvalue weighted by atomic mass is 79.9. The van der Waals surface area contributed by atoms with E-state index in [1.807, 2.05) is 24.3 Å². The number of carbonyl (C=O) groups is 2. The van der Waals surface area contributed by atoms with Gasteiger partial charge < -0.3 is 19.3 Å². The molecule has 8 heteroatoms. The van der Waals surface area contributed by atoms with Gasteiger partial charge in [-0.1, -0.05) is 15.9 Å². The van der Waals surface area contributed by atoms with E-state index < -0.39 is 12.1 Å². The third-order valence-corrected chi connectivity index (χ3v) is 4.28. The standard InChI is InChI=1S/C16H16BrN3O4/c1-10-6-19(8-14(24-10)16(22)23)15(21)13-7-20(9-18-13)12-4-2-11(17)3-5-12/h2-5,7,9-10,14H,6,8H2,1H3,(H,22,23)/t10-,14?/m1/s1. The van der Waals surface area contributed by atoms with Crippen molar-refractivity contribution in [3.63, 3.8) is 0 Å². The minimum absolute atomic E-state index is 0.0175. The maximum absolute atomic E-state index is 12.6. The van der Waals surface area contributed by atoms with Gasteiger partial charge in [-0.25, -0.2) is 9.78 Å². The van der Waals surface area contributed by atoms with E-state index in [9.17, 15) is 9.59 Å². The number of benzene rings is 1. The van der Waals surface area contributed by atoms with Gasteiger partial charge in [-0.3, -0.25) is 4.79 Å². The van der Waals surface area contributed by atoms with E-state index in [0.717, 1.165) is 10.2 Å². The number of rotatable bonds is 3. The van der Waals surface area contributed by atoms with E-state index in [0.29, 0.717) is 6.54 Å². The largest absolute Gasteiger partial charge is 0.479 e. The molecule has 0 radical (unpaired) electrons. The Balaban J connectivity index is 1.78. The van der Waals surface area contributed by atoms with Crippen molar-refractivity contribution in [3.8, 4) is 5.69 Å². The second-order valence-corrected chi connectivity index (χ2v) is 6.54. The summed E-state index contributed by atoms with van der Waals surface area (Å²) in [4.78, 5) is 29.4. The van der Waals surface area contributed by atoms with Gasteiger partial charge in [0.2, 0.25) is 0 Å². The van der Waals surface area contributed by atoms with Gasteiger partial charge in [-0.05, 0) is 31.2 Å². The quantitative estimate of drug-likeness (QED) is 0.861. The number of hydrogen-bond acceptors (Lipinski definition) is 4. The molecule has 1 aliphatic rings. The molecule has 1 saturated heterocycles. The molecule has 2 heterocycles. The summed E-state index contributed by atoms with van der Waals surface area (Å²) in [5.41, 5.74) is 1.15. The molecular weight excluding hydrogens is 378 g/mol. The lowest BCUT2D eigenvalue weighted by Gasteiger charge is -2.34. The molecule has 3 rings (SSSR count). The summed E-state index contributed by atoms with van der Waals surface area (Å²) in [5.74, 6) is -1.37. The van der Waals surface area contributed by atoms with Crippen molar-refractivity contribution in [3.05, 3.63) is 47.0 Å². The number of morpholine rings is 1. The summed E-state index contributed by atoms with van der Waals surface area (Å²) in [6.07, 6.45) is 1.86. The number of carbonyl (C=O) groups excluding carboxylic acids is 1. The van der Waals surface area contributed by atoms with Gasteiger partial charge in [0.05, 0.1) is 12.6 Å². The zero-order valence-corrected chi connectivity index (χ0v) is 14.5. The fraction of sp³-hybridized carbons (Fsp3) is 0.312. The number of ether oxygens (including phenoxy) is 1. The van der Waals surface area contributed by atoms with Crippen molar-refractivity contribution in [1.82, 2.24) is 14.5 Å². The van der Waals surface area contributed by atoms with Crippen LogP contribution in [0.2, 0.25) is 0 Å². The summed E-state index contributed by atoms with van der Waals surface area (Å²) in [6, 6.07) is 7.60. The van der Waals surface area contributed by atoms with Gasteiger partial charge in [-0.15, -0.1) is 0 Å². The smallest absolute Gasteiger partial charge is 0.334 e. The Labute approximate surface area is 147 Å². The van der Waals surface area contributed by atoms with E-state index >= 15 is 0 Å². The number of amides is 1. The van der Waals surface area contributed by atoms with Crippen LogP contribution in [0.5, 0.6) is 0 Å². The van der Waals surface area contributed by atoms with E-state index in [1.54, 1.807) is 24.0 Å². The van der Waals surface area contributed by atoms with Crippen LogP contribution in [0.15, 0.2) is 41.3 Å². The van der Waals surface area contributed by atoms with Crippen LogP contribution in [0, 0.1) is 0 Å². The number of aromatic nitrogens is 2. The van der Waals surface area contributed by atoms with Crippen molar-refractivity contribution in [2.45, 2.75) is 19.1 Å². The highest BCUT2D eigenvalue weighted by Crippen LogP contribution is 2.17. The lowest BCUT2D eigenvalue weighted by molar-refractivity contribution is -0.160. The first-order valence-electron chi connectivity index (χ1n) is 7.41. The zero-order valence-electron chi connectivity index (χ0n) is 12.9. The van der Waals surface area contributed by atoms with Crippen LogP contribution in [0.1, 0.15) is 17.4 Å². The van der Waals surface area contributed by atoms with Gasteiger partial charge >= 0.3 is 5.97 Å². The molecule has 2 atom stereocenters. The average molecular weight is 394 g/mol. The number of imidazole rings is 1. The predicted molar refractivity (Wildman–Crippen MR) is 89.1 cm³/mol. The van der Waals surface area contributed by atoms with E-state index in [4.69, 9.17) is 9.84 Å². The molecule has 1 unspecified atom stereocenters. The van der Waals surface area contributed by atoms with Crippen molar-refractivity contribution in [2.75, 3.05) is 13.1 Å². The molecule has 0 aliphatic carbocycles. The van der Waals surface area contributed by atoms with E-state index in [-0.39, 0.29) is 24.2 Å². The van der Waals surface area contributed by atoms with Gasteiger partial charge in [0.25, 0.3) is 5.91 Å². The second-order valence-electron chi connectivity index (χ2n) is 5.63. The summed E-state index contributed by atoms with van der Waals surface area (Å²) in [5, 5.41) is 9.11. The average Bonchev–Trinajstić information content (AvgIpc) is 3.04. The fourth-order valence-corrected chi connectivity index (χ4v) is 2.87. The van der Waals surface area contributed by atoms with Crippen LogP contribution >= 0.6 is 15.9 Å². The molecule has 2 aromatic rings. The van der Waals surface area contributed by atoms with Crippen molar-refractivity contribution >= 4 is 27.8 Å². The summed E-state index contributed by atoms with van der Waals surface area (Å²) in [6.45, 7) is 2.10. The van der Waals surface area contributed by atoms with Gasteiger partial charge in [-0.2, -0.15) is 0 Å². The maximum Gasteiger partial charge on any atom is 0.334 e. The Morgan fingerprint density at radius 2 is 2.00 bits per heavy atom. The first-order valence-corrected chi connectivity index (χ1v) is 8.21. The fourth-order valence-electron chi connectivity index (χ4n) is 2.60. The maximum atomic E-state index is 12.6. The first-order chi connectivity index (χ1) is 11.4. The van der Waals surface area contributed by atoms with E-state index in [1.165, 1.54) is 4.90 Å². The molecule has 1 aromatic heterocycles. The number of nitrogens with zero attached hydrogens (tertiary/aromatic N) is 3. The molecule has 7 nitrogen and oxygen atoms in total. The second kappa shape index (κ2) is 6.74. The minimum atomic E-state index is -1.07. The molecule has 1 fully saturated rings. The summed E-state index contributed by atoms with van der Waals surface area (Å²) in [7, 11) is 0. The Kier molecular flexibility index (Phi) is 4.68. The monoisotopic (exact) mass is 393 g/mol. The van der Waals surface area contributed by atoms with Crippen LogP contribution in [-0.4, -0.2) is 56.7 Å². The molecule has 126 valence electrons. The summed E-state index contributed by atoms with van der Waals surface area (Å²) >= 11 is 3.38. The number of hydrogen-bond donors (Lipinski definition) is 1. The summed E-state index contributed by atoms with van der Waals surface area (Å²) < 4.78 is 8.04. The van der Waals surface area contributed by atoms with Crippen LogP contribution in [0.4, 0.5) is 0 Å². The third kappa shape index (κ3) is 3.49. The van der Waals surface area contributed by atoms with Gasteiger partial charge in [0.15, 0.2) is 6.10 Å². The Morgan fingerprint density at radius 1 is 1.29 bits per heavy atom. The van der Waals surface area contributed by atoms with Crippen LogP contribution < -0.4 is 0 Å². The Bertz CT molecular complexity index is 759. The van der Waals surface area contributed by atoms with Crippen molar-refractivity contribution in [2.24, 2.45) is 0 Å². The number of carboxylic acids is 1. The van der Waals surface area contributed by atoms with Crippen LogP contribution in [-0.2, 0) is 9.53 Å². The molecule has 0 bridgehead atoms. The topological polar surface area (TPSA) is 84.7 Å². The highest BCUT2D eigenvalue weighted by molar-refractivity contribution is 9.10. The van der Waals surface area contributed by atoms with Gasteiger partial charge in [0.1, 0.15) is 12.0 Å². The molecule has 1 amide bonds. The molecule has 1 N–H and O–H groups in total. The van der Waals surface area contributed by atoms with Crippen molar-refractivity contribution < 1.29 is 19.4 Å². The first kappa shape index (κ1) is 16.7. The lowest BCUT2D eigenvalue weighted by Crippen LogP contribution is -2.51. The highest BCUT2D eigenvalue weighted by Gasteiger charge is 2.33. The third-order valence-electron chi connectivity index (χ3n) is 3.75. The minimum Gasteiger partial charge on any atom is -0.479 e. The molecule has 1 aliphatic heterocycles. The molecule has 0 saturated carbocycles. The molecule has 1 aromatic carbocycles. The molecule has 0 spiro atoms. The number of carboxylic acid groups (broad SMARTS) is 1. The normalized spacial score (nSPS) is 20.8. The van der Waals surface area contributed by atoms with Crippen molar-refractivity contribution in [1.29, 1.82) is 0 Å². The van der Waals surface area contributed by atoms with Crippen LogP contribution in [0.3, 0.4) is 0 Å².